The van der Waals surface area contributed by atoms with Crippen LogP contribution in [0.3, 0.4) is 0 Å². The summed E-state index contributed by atoms with van der Waals surface area (Å²) in [5, 5.41) is 9.52. The molecule has 1 N–H and O–H groups in total. The standard InChI is InChI=1S/C44H87NO5/c1-4-7-10-13-16-19-24-32-41-49-43(47)35-29-25-31-38-45(39-40-46)37-30-23-18-17-22-28-36-44(48)50-42(33-26-20-14-11-8-5-2)34-27-21-15-12-9-6-3/h42,46H,4-41H2,1-3H3. The van der Waals surface area contributed by atoms with Crippen LogP contribution in [0, 0.1) is 0 Å². The predicted octanol–water partition coefficient (Wildman–Crippen LogP) is 12.7. The highest BCUT2D eigenvalue weighted by Gasteiger charge is 2.14. The highest BCUT2D eigenvalue weighted by atomic mass is 16.5. The Morgan fingerprint density at radius 2 is 0.840 bits per heavy atom. The third-order valence-electron chi connectivity index (χ3n) is 10.2. The van der Waals surface area contributed by atoms with Crippen molar-refractivity contribution in [1.82, 2.24) is 4.90 Å². The fraction of sp³-hybridized carbons (Fsp3) is 0.955. The Balaban J connectivity index is 3.94. The van der Waals surface area contributed by atoms with E-state index in [1.54, 1.807) is 0 Å². The molecule has 6 nitrogen and oxygen atoms in total. The SMILES string of the molecule is CCCCCCCCCCOC(=O)CCCCCN(CCO)CCCCCCCCC(=O)OC(CCCCCCCC)CCCCCCCC. The van der Waals surface area contributed by atoms with Gasteiger partial charge in [-0.05, 0) is 70.9 Å². The minimum atomic E-state index is -0.0479. The molecule has 50 heavy (non-hydrogen) atoms. The second kappa shape index (κ2) is 40.6. The van der Waals surface area contributed by atoms with E-state index in [0.29, 0.717) is 19.4 Å². The van der Waals surface area contributed by atoms with Gasteiger partial charge in [-0.25, -0.2) is 0 Å². The van der Waals surface area contributed by atoms with Crippen LogP contribution in [0.4, 0.5) is 0 Å². The van der Waals surface area contributed by atoms with Crippen molar-refractivity contribution in [3.8, 4) is 0 Å². The predicted molar refractivity (Wildman–Crippen MR) is 214 cm³/mol. The molecule has 0 aromatic carbocycles. The molecule has 0 radical (unpaired) electrons. The minimum absolute atomic E-state index is 0.0160. The van der Waals surface area contributed by atoms with Crippen LogP contribution in [-0.2, 0) is 19.1 Å². The number of esters is 2. The third-order valence-corrected chi connectivity index (χ3v) is 10.2. The van der Waals surface area contributed by atoms with E-state index in [1.165, 1.54) is 135 Å². The number of ether oxygens (including phenoxy) is 2. The fourth-order valence-electron chi connectivity index (χ4n) is 6.88. The quantitative estimate of drug-likeness (QED) is 0.0503. The van der Waals surface area contributed by atoms with Crippen molar-refractivity contribution in [2.75, 3.05) is 32.8 Å². The molecule has 0 atom stereocenters. The molecule has 0 aromatic rings. The van der Waals surface area contributed by atoms with Crippen LogP contribution in [0.25, 0.3) is 0 Å². The molecule has 298 valence electrons. The number of rotatable bonds is 41. The van der Waals surface area contributed by atoms with Gasteiger partial charge in [0.05, 0.1) is 13.2 Å². The lowest BCUT2D eigenvalue weighted by Crippen LogP contribution is -2.29. The number of hydrogen-bond acceptors (Lipinski definition) is 6. The molecule has 0 aliphatic carbocycles. The summed E-state index contributed by atoms with van der Waals surface area (Å²) < 4.78 is 11.4. The summed E-state index contributed by atoms with van der Waals surface area (Å²) in [7, 11) is 0. The zero-order valence-corrected chi connectivity index (χ0v) is 34.0. The van der Waals surface area contributed by atoms with Crippen LogP contribution >= 0.6 is 0 Å². The number of aliphatic hydroxyl groups is 1. The van der Waals surface area contributed by atoms with Gasteiger partial charge in [-0.1, -0.05) is 162 Å². The zero-order chi connectivity index (χ0) is 36.6. The molecule has 0 saturated carbocycles. The van der Waals surface area contributed by atoms with Gasteiger partial charge in [0.2, 0.25) is 0 Å². The molecule has 0 aliphatic rings. The number of nitrogens with zero attached hydrogens (tertiary/aromatic N) is 1. The number of aliphatic hydroxyl groups excluding tert-OH is 1. The molecule has 0 spiro atoms. The maximum atomic E-state index is 12.7. The van der Waals surface area contributed by atoms with E-state index < -0.39 is 0 Å². The molecule has 0 aliphatic heterocycles. The summed E-state index contributed by atoms with van der Waals surface area (Å²) in [4.78, 5) is 27.1. The molecule has 0 bridgehead atoms. The minimum Gasteiger partial charge on any atom is -0.466 e. The first kappa shape index (κ1) is 48.9. The average Bonchev–Trinajstić information content (AvgIpc) is 3.11. The van der Waals surface area contributed by atoms with Crippen molar-refractivity contribution in [2.24, 2.45) is 0 Å². The Morgan fingerprint density at radius 3 is 1.32 bits per heavy atom. The van der Waals surface area contributed by atoms with Crippen LogP contribution < -0.4 is 0 Å². The maximum Gasteiger partial charge on any atom is 0.306 e. The second-order valence-electron chi connectivity index (χ2n) is 15.2. The smallest absolute Gasteiger partial charge is 0.306 e. The lowest BCUT2D eigenvalue weighted by atomic mass is 10.0. The van der Waals surface area contributed by atoms with Crippen LogP contribution in [0.15, 0.2) is 0 Å². The summed E-state index contributed by atoms with van der Waals surface area (Å²) in [5.74, 6) is -0.0319. The molecule has 0 unspecified atom stereocenters. The normalized spacial score (nSPS) is 11.6. The number of unbranched alkanes of at least 4 members (excludes halogenated alkanes) is 24. The third kappa shape index (κ3) is 36.6. The van der Waals surface area contributed by atoms with Crippen molar-refractivity contribution < 1.29 is 24.2 Å². The first-order valence-electron chi connectivity index (χ1n) is 22.3. The molecular formula is C44H87NO5. The number of carbonyl (C=O) groups excluding carboxylic acids is 2. The van der Waals surface area contributed by atoms with Crippen LogP contribution in [0.1, 0.15) is 233 Å². The lowest BCUT2D eigenvalue weighted by molar-refractivity contribution is -0.150. The Morgan fingerprint density at radius 1 is 0.460 bits per heavy atom. The van der Waals surface area contributed by atoms with Gasteiger partial charge in [0.1, 0.15) is 6.10 Å². The van der Waals surface area contributed by atoms with Crippen LogP contribution in [0.2, 0.25) is 0 Å². The summed E-state index contributed by atoms with van der Waals surface area (Å²) >= 11 is 0. The van der Waals surface area contributed by atoms with E-state index in [2.05, 4.69) is 25.7 Å². The van der Waals surface area contributed by atoms with Crippen LogP contribution in [0.5, 0.6) is 0 Å². The van der Waals surface area contributed by atoms with Gasteiger partial charge >= 0.3 is 11.9 Å². The second-order valence-corrected chi connectivity index (χ2v) is 15.2. The Labute approximate surface area is 312 Å². The van der Waals surface area contributed by atoms with E-state index in [1.807, 2.05) is 0 Å². The Kier molecular flexibility index (Phi) is 39.7. The van der Waals surface area contributed by atoms with Crippen molar-refractivity contribution in [1.29, 1.82) is 0 Å². The average molecular weight is 710 g/mol. The molecule has 0 saturated heterocycles. The molecule has 6 heteroatoms. The first-order chi connectivity index (χ1) is 24.6. The Hall–Kier alpha value is -1.14. The Bertz CT molecular complexity index is 686. The zero-order valence-electron chi connectivity index (χ0n) is 34.0. The van der Waals surface area contributed by atoms with Gasteiger partial charge in [-0.15, -0.1) is 0 Å². The molecular weight excluding hydrogens is 622 g/mol. The van der Waals surface area contributed by atoms with Gasteiger partial charge in [-0.3, -0.25) is 9.59 Å². The topological polar surface area (TPSA) is 76.1 Å². The van der Waals surface area contributed by atoms with Gasteiger partial charge in [0.15, 0.2) is 0 Å². The first-order valence-corrected chi connectivity index (χ1v) is 22.3. The van der Waals surface area contributed by atoms with E-state index in [9.17, 15) is 14.7 Å². The summed E-state index contributed by atoms with van der Waals surface area (Å²) in [6.07, 6.45) is 38.4. The summed E-state index contributed by atoms with van der Waals surface area (Å²) in [6.45, 7) is 10.3. The maximum absolute atomic E-state index is 12.7. The largest absolute Gasteiger partial charge is 0.466 e. The van der Waals surface area contributed by atoms with Gasteiger partial charge < -0.3 is 19.5 Å². The van der Waals surface area contributed by atoms with Crippen molar-refractivity contribution >= 4 is 11.9 Å². The molecule has 0 amide bonds. The van der Waals surface area contributed by atoms with Crippen molar-refractivity contribution in [2.45, 2.75) is 239 Å². The van der Waals surface area contributed by atoms with Crippen molar-refractivity contribution in [3.63, 3.8) is 0 Å². The number of carbonyl (C=O) groups is 2. The van der Waals surface area contributed by atoms with Crippen molar-refractivity contribution in [3.05, 3.63) is 0 Å². The highest BCUT2D eigenvalue weighted by molar-refractivity contribution is 5.69. The van der Waals surface area contributed by atoms with E-state index in [0.717, 1.165) is 83.8 Å². The van der Waals surface area contributed by atoms with Gasteiger partial charge in [0.25, 0.3) is 0 Å². The van der Waals surface area contributed by atoms with E-state index in [4.69, 9.17) is 9.47 Å². The van der Waals surface area contributed by atoms with E-state index >= 15 is 0 Å². The lowest BCUT2D eigenvalue weighted by Gasteiger charge is -2.21. The highest BCUT2D eigenvalue weighted by Crippen LogP contribution is 2.18. The molecule has 0 aromatic heterocycles. The van der Waals surface area contributed by atoms with Gasteiger partial charge in [0, 0.05) is 19.4 Å². The van der Waals surface area contributed by atoms with Gasteiger partial charge in [-0.2, -0.15) is 0 Å². The summed E-state index contributed by atoms with van der Waals surface area (Å²) in [5.41, 5.74) is 0. The van der Waals surface area contributed by atoms with E-state index in [-0.39, 0.29) is 24.6 Å². The monoisotopic (exact) mass is 710 g/mol. The van der Waals surface area contributed by atoms with Crippen LogP contribution in [-0.4, -0.2) is 60.9 Å². The summed E-state index contributed by atoms with van der Waals surface area (Å²) in [6, 6.07) is 0. The number of hydrogen-bond donors (Lipinski definition) is 1. The molecule has 0 rings (SSSR count). The molecule has 0 heterocycles. The fourth-order valence-corrected chi connectivity index (χ4v) is 6.88. The molecule has 0 fully saturated rings.